The lowest BCUT2D eigenvalue weighted by atomic mass is 10.1. The van der Waals surface area contributed by atoms with E-state index in [9.17, 15) is 14.5 Å². The first-order valence-corrected chi connectivity index (χ1v) is 7.56. The summed E-state index contributed by atoms with van der Waals surface area (Å²) in [5.41, 5.74) is 1.49. The molecule has 2 aromatic rings. The van der Waals surface area contributed by atoms with Crippen LogP contribution < -0.4 is 4.90 Å². The molecule has 6 heteroatoms. The van der Waals surface area contributed by atoms with E-state index < -0.39 is 10.7 Å². The van der Waals surface area contributed by atoms with E-state index in [1.165, 1.54) is 12.1 Å². The number of nitrogens with zero attached hydrogens (tertiary/aromatic N) is 2. The van der Waals surface area contributed by atoms with Crippen LogP contribution in [-0.2, 0) is 5.33 Å². The second kappa shape index (κ2) is 6.67. The number of hydrogen-bond acceptors (Lipinski definition) is 3. The molecule has 0 atom stereocenters. The largest absolute Gasteiger partial charge is 0.334 e. The van der Waals surface area contributed by atoms with Gasteiger partial charge in [-0.1, -0.05) is 34.1 Å². The summed E-state index contributed by atoms with van der Waals surface area (Å²) in [4.78, 5) is 12.5. The van der Waals surface area contributed by atoms with Crippen molar-refractivity contribution in [2.24, 2.45) is 0 Å². The van der Waals surface area contributed by atoms with Crippen molar-refractivity contribution in [2.45, 2.75) is 12.3 Å². The molecular formula is C15H14BrFN2O2. The normalized spacial score (nSPS) is 10.4. The van der Waals surface area contributed by atoms with Gasteiger partial charge in [-0.15, -0.1) is 0 Å². The van der Waals surface area contributed by atoms with Crippen molar-refractivity contribution in [3.63, 3.8) is 0 Å². The van der Waals surface area contributed by atoms with Crippen molar-refractivity contribution >= 4 is 33.0 Å². The summed E-state index contributed by atoms with van der Waals surface area (Å²) in [5.74, 6) is -0.404. The van der Waals surface area contributed by atoms with Crippen molar-refractivity contribution in [1.29, 1.82) is 0 Å². The number of rotatable bonds is 5. The second-order valence-corrected chi connectivity index (χ2v) is 4.97. The second-order valence-electron chi connectivity index (χ2n) is 4.41. The van der Waals surface area contributed by atoms with Gasteiger partial charge in [-0.3, -0.25) is 10.1 Å². The topological polar surface area (TPSA) is 46.4 Å². The summed E-state index contributed by atoms with van der Waals surface area (Å²) in [6.45, 7) is 2.25. The molecule has 0 spiro atoms. The lowest BCUT2D eigenvalue weighted by Crippen LogP contribution is -2.18. The monoisotopic (exact) mass is 352 g/mol. The number of benzene rings is 2. The van der Waals surface area contributed by atoms with Gasteiger partial charge in [0.05, 0.1) is 10.6 Å². The number of para-hydroxylation sites is 1. The van der Waals surface area contributed by atoms with Gasteiger partial charge in [-0.25, -0.2) is 4.39 Å². The van der Waals surface area contributed by atoms with Gasteiger partial charge in [0.2, 0.25) is 0 Å². The molecule has 2 aromatic carbocycles. The van der Waals surface area contributed by atoms with E-state index in [1.54, 1.807) is 35.2 Å². The van der Waals surface area contributed by atoms with Gasteiger partial charge < -0.3 is 4.90 Å². The first-order chi connectivity index (χ1) is 10.1. The predicted molar refractivity (Wildman–Crippen MR) is 84.8 cm³/mol. The third-order valence-corrected chi connectivity index (χ3v) is 3.79. The van der Waals surface area contributed by atoms with Gasteiger partial charge in [0.1, 0.15) is 11.5 Å². The van der Waals surface area contributed by atoms with Gasteiger partial charge >= 0.3 is 0 Å². The molecule has 0 radical (unpaired) electrons. The van der Waals surface area contributed by atoms with Gasteiger partial charge in [0, 0.05) is 17.9 Å². The Hall–Kier alpha value is -1.95. The van der Waals surface area contributed by atoms with Crippen LogP contribution in [-0.4, -0.2) is 11.5 Å². The zero-order valence-electron chi connectivity index (χ0n) is 11.4. The first-order valence-electron chi connectivity index (χ1n) is 6.43. The lowest BCUT2D eigenvalue weighted by Gasteiger charge is -2.23. The maximum Gasteiger partial charge on any atom is 0.293 e. The molecule has 21 heavy (non-hydrogen) atoms. The van der Waals surface area contributed by atoms with Crippen LogP contribution in [0.25, 0.3) is 0 Å². The molecule has 0 amide bonds. The van der Waals surface area contributed by atoms with Gasteiger partial charge in [-0.05, 0) is 30.7 Å². The Bertz CT molecular complexity index is 664. The molecule has 0 saturated heterocycles. The van der Waals surface area contributed by atoms with E-state index in [1.807, 2.05) is 6.92 Å². The quantitative estimate of drug-likeness (QED) is 0.441. The summed E-state index contributed by atoms with van der Waals surface area (Å²) in [6.07, 6.45) is 0. The SMILES string of the molecule is CCN(c1ccccc1F)c1ccc(CBr)cc1[N+](=O)[O-]. The average Bonchev–Trinajstić information content (AvgIpc) is 2.50. The molecule has 0 aromatic heterocycles. The van der Waals surface area contributed by atoms with Crippen LogP contribution in [0.5, 0.6) is 0 Å². The van der Waals surface area contributed by atoms with E-state index >= 15 is 0 Å². The fourth-order valence-corrected chi connectivity index (χ4v) is 2.52. The number of nitro benzene ring substituents is 1. The molecule has 0 saturated carbocycles. The molecule has 2 rings (SSSR count). The molecule has 0 aliphatic carbocycles. The minimum absolute atomic E-state index is 0.0305. The highest BCUT2D eigenvalue weighted by molar-refractivity contribution is 9.08. The summed E-state index contributed by atoms with van der Waals surface area (Å²) < 4.78 is 14.0. The van der Waals surface area contributed by atoms with Crippen molar-refractivity contribution in [3.8, 4) is 0 Å². The molecule has 0 aliphatic heterocycles. The number of halogens is 2. The Morgan fingerprint density at radius 3 is 2.52 bits per heavy atom. The van der Waals surface area contributed by atoms with Gasteiger partial charge in [0.15, 0.2) is 0 Å². The fourth-order valence-electron chi connectivity index (χ4n) is 2.17. The molecule has 0 bridgehead atoms. The van der Waals surface area contributed by atoms with Gasteiger partial charge in [0.25, 0.3) is 5.69 Å². The molecule has 0 fully saturated rings. The van der Waals surface area contributed by atoms with Crippen LogP contribution in [0.15, 0.2) is 42.5 Å². The number of alkyl halides is 1. The zero-order chi connectivity index (χ0) is 15.4. The van der Waals surface area contributed by atoms with Crippen LogP contribution in [0.2, 0.25) is 0 Å². The summed E-state index contributed by atoms with van der Waals surface area (Å²) in [6, 6.07) is 11.2. The Balaban J connectivity index is 2.57. The fraction of sp³-hybridized carbons (Fsp3) is 0.200. The average molecular weight is 353 g/mol. The van der Waals surface area contributed by atoms with Crippen molar-refractivity contribution in [1.82, 2.24) is 0 Å². The predicted octanol–water partition coefficient (Wildman–Crippen LogP) is 4.79. The number of nitro groups is 1. The van der Waals surface area contributed by atoms with Crippen LogP contribution >= 0.6 is 15.9 Å². The van der Waals surface area contributed by atoms with E-state index in [0.717, 1.165) is 5.56 Å². The van der Waals surface area contributed by atoms with Crippen molar-refractivity contribution in [2.75, 3.05) is 11.4 Å². The Labute approximate surface area is 130 Å². The zero-order valence-corrected chi connectivity index (χ0v) is 13.0. The molecule has 0 unspecified atom stereocenters. The standard InChI is InChI=1S/C15H14BrFN2O2/c1-2-18(13-6-4-3-5-12(13)17)14-8-7-11(10-16)9-15(14)19(20)21/h3-9H,2,10H2,1H3. The molecular weight excluding hydrogens is 339 g/mol. The highest BCUT2D eigenvalue weighted by Gasteiger charge is 2.21. The molecule has 0 heterocycles. The van der Waals surface area contributed by atoms with Crippen LogP contribution in [0.1, 0.15) is 12.5 Å². The highest BCUT2D eigenvalue weighted by Crippen LogP contribution is 2.35. The molecule has 4 nitrogen and oxygen atoms in total. The third kappa shape index (κ3) is 3.21. The number of anilines is 2. The lowest BCUT2D eigenvalue weighted by molar-refractivity contribution is -0.384. The molecule has 0 aliphatic rings. The summed E-state index contributed by atoms with van der Waals surface area (Å²) in [5, 5.41) is 11.8. The summed E-state index contributed by atoms with van der Waals surface area (Å²) >= 11 is 3.28. The Morgan fingerprint density at radius 2 is 1.95 bits per heavy atom. The Kier molecular flexibility index (Phi) is 4.90. The number of hydrogen-bond donors (Lipinski definition) is 0. The van der Waals surface area contributed by atoms with Gasteiger partial charge in [-0.2, -0.15) is 0 Å². The maximum atomic E-state index is 14.0. The minimum Gasteiger partial charge on any atom is -0.334 e. The Morgan fingerprint density at radius 1 is 1.24 bits per heavy atom. The van der Waals surface area contributed by atoms with Crippen LogP contribution in [0.3, 0.4) is 0 Å². The minimum atomic E-state index is -0.439. The molecule has 0 N–H and O–H groups in total. The molecule has 110 valence electrons. The first kappa shape index (κ1) is 15.4. The smallest absolute Gasteiger partial charge is 0.293 e. The van der Waals surface area contributed by atoms with Crippen LogP contribution in [0.4, 0.5) is 21.5 Å². The summed E-state index contributed by atoms with van der Waals surface area (Å²) in [7, 11) is 0. The van der Waals surface area contributed by atoms with E-state index in [0.29, 0.717) is 23.2 Å². The van der Waals surface area contributed by atoms with E-state index in [2.05, 4.69) is 15.9 Å². The third-order valence-electron chi connectivity index (χ3n) is 3.14. The maximum absolute atomic E-state index is 14.0. The van der Waals surface area contributed by atoms with E-state index in [-0.39, 0.29) is 5.69 Å². The van der Waals surface area contributed by atoms with Crippen LogP contribution in [0, 0.1) is 15.9 Å². The van der Waals surface area contributed by atoms with Crippen molar-refractivity contribution in [3.05, 3.63) is 64.0 Å². The highest BCUT2D eigenvalue weighted by atomic mass is 79.9. The van der Waals surface area contributed by atoms with E-state index in [4.69, 9.17) is 0 Å². The van der Waals surface area contributed by atoms with Crippen molar-refractivity contribution < 1.29 is 9.31 Å².